The Bertz CT molecular complexity index is 1990. The number of H-pyrrole nitrogens is 1. The van der Waals surface area contributed by atoms with Gasteiger partial charge in [0.1, 0.15) is 22.6 Å². The number of para-hydroxylation sites is 1. The minimum absolute atomic E-state index is 0.0884. The third-order valence-corrected chi connectivity index (χ3v) is 6.97. The molecular weight excluding hydrogens is 480 g/mol. The predicted molar refractivity (Wildman–Crippen MR) is 144 cm³/mol. The molecule has 0 radical (unpaired) electrons. The summed E-state index contributed by atoms with van der Waals surface area (Å²) in [6.45, 7) is 0. The highest BCUT2D eigenvalue weighted by Crippen LogP contribution is 2.48. The fourth-order valence-corrected chi connectivity index (χ4v) is 5.14. The summed E-state index contributed by atoms with van der Waals surface area (Å²) in [4.78, 5) is 34.0. The van der Waals surface area contributed by atoms with Crippen LogP contribution in [-0.4, -0.2) is 17.1 Å². The van der Waals surface area contributed by atoms with Crippen LogP contribution in [0.1, 0.15) is 22.6 Å². The van der Waals surface area contributed by atoms with Crippen molar-refractivity contribution in [2.75, 3.05) is 7.11 Å². The maximum atomic E-state index is 13.7. The standard InChI is InChI=1S/C31H20N2O5/c1-36-20-13-10-18(11-14-20)25-22-15-12-17-6-2-4-8-21(17)27(22)38-30-26(25)29(34)32-28(33-30)23-16-19-7-3-5-9-24(19)37-31(23)35/h2-16,25H,1H3,(H,32,33,34). The fraction of sp³-hybridized carbons (Fsp3) is 0.0645. The van der Waals surface area contributed by atoms with E-state index in [4.69, 9.17) is 13.9 Å². The van der Waals surface area contributed by atoms with E-state index in [9.17, 15) is 9.59 Å². The monoisotopic (exact) mass is 500 g/mol. The molecule has 0 saturated carbocycles. The topological polar surface area (TPSA) is 94.4 Å². The SMILES string of the molecule is COc1ccc(C2c3ccc4ccccc4c3Oc3nc(-c4cc5ccccc5oc4=O)[nH]c(=O)c32)cc1. The molecule has 1 atom stereocenters. The zero-order chi connectivity index (χ0) is 25.8. The van der Waals surface area contributed by atoms with Crippen molar-refractivity contribution >= 4 is 21.7 Å². The molecular formula is C31H20N2O5. The van der Waals surface area contributed by atoms with Gasteiger partial charge in [-0.3, -0.25) is 4.79 Å². The summed E-state index contributed by atoms with van der Waals surface area (Å²) >= 11 is 0. The van der Waals surface area contributed by atoms with E-state index >= 15 is 0 Å². The Morgan fingerprint density at radius 2 is 1.63 bits per heavy atom. The van der Waals surface area contributed by atoms with E-state index in [1.165, 1.54) is 0 Å². The summed E-state index contributed by atoms with van der Waals surface area (Å²) in [5, 5.41) is 2.63. The number of nitrogens with zero attached hydrogens (tertiary/aromatic N) is 1. The van der Waals surface area contributed by atoms with Gasteiger partial charge in [0, 0.05) is 22.3 Å². The van der Waals surface area contributed by atoms with Gasteiger partial charge in [-0.2, -0.15) is 4.98 Å². The zero-order valence-corrected chi connectivity index (χ0v) is 20.2. The number of hydrogen-bond donors (Lipinski definition) is 1. The zero-order valence-electron chi connectivity index (χ0n) is 20.2. The van der Waals surface area contributed by atoms with Crippen LogP contribution in [0.2, 0.25) is 0 Å². The second kappa shape index (κ2) is 8.45. The molecule has 0 amide bonds. The summed E-state index contributed by atoms with van der Waals surface area (Å²) in [5.41, 5.74) is 1.72. The van der Waals surface area contributed by atoms with Crippen molar-refractivity contribution in [1.29, 1.82) is 0 Å². The van der Waals surface area contributed by atoms with Crippen molar-refractivity contribution in [3.8, 4) is 28.8 Å². The van der Waals surface area contributed by atoms with Gasteiger partial charge >= 0.3 is 5.63 Å². The van der Waals surface area contributed by atoms with E-state index in [-0.39, 0.29) is 17.3 Å². The number of benzene rings is 4. The molecule has 0 saturated heterocycles. The summed E-state index contributed by atoms with van der Waals surface area (Å²) in [6, 6.07) is 28.4. The number of nitrogens with one attached hydrogen (secondary N) is 1. The quantitative estimate of drug-likeness (QED) is 0.300. The van der Waals surface area contributed by atoms with Crippen LogP contribution < -0.4 is 20.7 Å². The molecule has 1 N–H and O–H groups in total. The molecule has 1 aliphatic rings. The molecule has 7 rings (SSSR count). The molecule has 7 nitrogen and oxygen atoms in total. The van der Waals surface area contributed by atoms with E-state index in [1.54, 1.807) is 25.3 Å². The molecule has 2 aromatic heterocycles. The van der Waals surface area contributed by atoms with Crippen LogP contribution in [-0.2, 0) is 0 Å². The Hall–Kier alpha value is -5.17. The van der Waals surface area contributed by atoms with Gasteiger partial charge in [-0.25, -0.2) is 4.79 Å². The van der Waals surface area contributed by atoms with Gasteiger partial charge in [0.05, 0.1) is 12.7 Å². The Morgan fingerprint density at radius 3 is 2.45 bits per heavy atom. The lowest BCUT2D eigenvalue weighted by molar-refractivity contribution is 0.414. The lowest BCUT2D eigenvalue weighted by atomic mass is 9.83. The third kappa shape index (κ3) is 3.40. The maximum Gasteiger partial charge on any atom is 0.347 e. The van der Waals surface area contributed by atoms with Crippen LogP contribution in [0.15, 0.2) is 105 Å². The normalized spacial score (nSPS) is 14.1. The Labute approximate surface area is 215 Å². The Morgan fingerprint density at radius 1 is 0.868 bits per heavy atom. The number of aromatic nitrogens is 2. The molecule has 0 aliphatic carbocycles. The molecule has 0 fully saturated rings. The number of rotatable bonds is 3. The van der Waals surface area contributed by atoms with Crippen LogP contribution in [0.4, 0.5) is 0 Å². The predicted octanol–water partition coefficient (Wildman–Crippen LogP) is 5.99. The van der Waals surface area contributed by atoms with Gasteiger partial charge in [-0.1, -0.05) is 66.7 Å². The molecule has 0 spiro atoms. The molecule has 38 heavy (non-hydrogen) atoms. The van der Waals surface area contributed by atoms with Gasteiger partial charge in [-0.15, -0.1) is 0 Å². The van der Waals surface area contributed by atoms with Crippen LogP contribution in [0.3, 0.4) is 0 Å². The van der Waals surface area contributed by atoms with E-state index in [0.717, 1.165) is 27.3 Å². The molecule has 7 heteroatoms. The van der Waals surface area contributed by atoms with Gasteiger partial charge in [0.15, 0.2) is 5.82 Å². The minimum atomic E-state index is -0.597. The van der Waals surface area contributed by atoms with Gasteiger partial charge < -0.3 is 18.9 Å². The number of methoxy groups -OCH3 is 1. The molecule has 184 valence electrons. The molecule has 3 heterocycles. The fourth-order valence-electron chi connectivity index (χ4n) is 5.14. The summed E-state index contributed by atoms with van der Waals surface area (Å²) in [7, 11) is 1.61. The van der Waals surface area contributed by atoms with Gasteiger partial charge in [-0.05, 0) is 35.2 Å². The van der Waals surface area contributed by atoms with Crippen LogP contribution in [0.5, 0.6) is 17.4 Å². The van der Waals surface area contributed by atoms with E-state index in [2.05, 4.69) is 9.97 Å². The first-order valence-electron chi connectivity index (χ1n) is 12.1. The van der Waals surface area contributed by atoms with Crippen LogP contribution in [0, 0.1) is 0 Å². The Balaban J connectivity index is 1.48. The first-order chi connectivity index (χ1) is 18.6. The highest BCUT2D eigenvalue weighted by Gasteiger charge is 2.34. The van der Waals surface area contributed by atoms with Crippen molar-refractivity contribution in [3.05, 3.63) is 128 Å². The van der Waals surface area contributed by atoms with Crippen molar-refractivity contribution < 1.29 is 13.9 Å². The molecule has 1 aliphatic heterocycles. The molecule has 0 bridgehead atoms. The van der Waals surface area contributed by atoms with Gasteiger partial charge in [0.25, 0.3) is 5.56 Å². The van der Waals surface area contributed by atoms with Crippen molar-refractivity contribution in [2.45, 2.75) is 5.92 Å². The first kappa shape index (κ1) is 22.1. The average Bonchev–Trinajstić information content (AvgIpc) is 2.95. The highest BCUT2D eigenvalue weighted by atomic mass is 16.5. The highest BCUT2D eigenvalue weighted by molar-refractivity contribution is 5.91. The molecule has 6 aromatic rings. The second-order valence-corrected chi connectivity index (χ2v) is 9.13. The summed E-state index contributed by atoms with van der Waals surface area (Å²) in [5.74, 6) is 1.14. The van der Waals surface area contributed by atoms with E-state index in [0.29, 0.717) is 22.6 Å². The number of ether oxygens (including phenoxy) is 2. The number of aromatic amines is 1. The van der Waals surface area contributed by atoms with Crippen LogP contribution >= 0.6 is 0 Å². The lowest BCUT2D eigenvalue weighted by Gasteiger charge is -2.28. The van der Waals surface area contributed by atoms with Crippen molar-refractivity contribution in [1.82, 2.24) is 9.97 Å². The lowest BCUT2D eigenvalue weighted by Crippen LogP contribution is -2.25. The van der Waals surface area contributed by atoms with Crippen molar-refractivity contribution in [2.24, 2.45) is 0 Å². The summed E-state index contributed by atoms with van der Waals surface area (Å²) in [6.07, 6.45) is 0. The largest absolute Gasteiger partial charge is 0.497 e. The second-order valence-electron chi connectivity index (χ2n) is 9.13. The molecule has 1 unspecified atom stereocenters. The minimum Gasteiger partial charge on any atom is -0.497 e. The number of hydrogen-bond acceptors (Lipinski definition) is 6. The maximum absolute atomic E-state index is 13.7. The average molecular weight is 501 g/mol. The smallest absolute Gasteiger partial charge is 0.347 e. The summed E-state index contributed by atoms with van der Waals surface area (Å²) < 4.78 is 17.2. The Kier molecular flexibility index (Phi) is 4.91. The van der Waals surface area contributed by atoms with Gasteiger partial charge in [0.2, 0.25) is 5.88 Å². The van der Waals surface area contributed by atoms with Crippen molar-refractivity contribution in [3.63, 3.8) is 0 Å². The van der Waals surface area contributed by atoms with E-state index in [1.807, 2.05) is 72.8 Å². The third-order valence-electron chi connectivity index (χ3n) is 6.97. The van der Waals surface area contributed by atoms with Crippen LogP contribution in [0.25, 0.3) is 33.1 Å². The molecule has 4 aromatic carbocycles. The number of fused-ring (bicyclic) bond motifs is 5. The van der Waals surface area contributed by atoms with E-state index < -0.39 is 17.1 Å². The first-order valence-corrected chi connectivity index (χ1v) is 12.1.